The maximum Gasteiger partial charge on any atom is 0.313 e. The summed E-state index contributed by atoms with van der Waals surface area (Å²) in [5.74, 6) is 3.30. The Morgan fingerprint density at radius 3 is 2.67 bits per heavy atom. The quantitative estimate of drug-likeness (QED) is 0.117. The molecule has 1 heterocycles. The Labute approximate surface area is 229 Å². The van der Waals surface area contributed by atoms with Crippen LogP contribution in [0.3, 0.4) is 0 Å². The highest BCUT2D eigenvalue weighted by Crippen LogP contribution is 2.36. The fourth-order valence-corrected chi connectivity index (χ4v) is 4.44. The van der Waals surface area contributed by atoms with Gasteiger partial charge in [-0.2, -0.15) is 9.78 Å². The highest BCUT2D eigenvalue weighted by Gasteiger charge is 2.21. The average molecular weight is 545 g/mol. The summed E-state index contributed by atoms with van der Waals surface area (Å²) in [4.78, 5) is 29.5. The number of nitro groups is 1. The molecule has 0 amide bonds. The van der Waals surface area contributed by atoms with Gasteiger partial charge in [0.05, 0.1) is 34.2 Å². The van der Waals surface area contributed by atoms with E-state index in [1.54, 1.807) is 31.4 Å². The molecule has 0 bridgehead atoms. The molecule has 3 aromatic carbocycles. The van der Waals surface area contributed by atoms with E-state index in [-0.39, 0.29) is 34.5 Å². The molecule has 0 aliphatic carbocycles. The highest BCUT2D eigenvalue weighted by atomic mass is 35.5. The summed E-state index contributed by atoms with van der Waals surface area (Å²) in [7, 11) is 1.61. The number of hydrogen-bond acceptors (Lipinski definition) is 7. The second kappa shape index (κ2) is 11.4. The van der Waals surface area contributed by atoms with Gasteiger partial charge in [-0.15, -0.1) is 6.42 Å². The average Bonchev–Trinajstić information content (AvgIpc) is 2.91. The van der Waals surface area contributed by atoms with Crippen molar-refractivity contribution in [2.75, 3.05) is 13.7 Å². The van der Waals surface area contributed by atoms with Crippen LogP contribution in [0.1, 0.15) is 36.5 Å². The minimum atomic E-state index is -0.627. The van der Waals surface area contributed by atoms with Crippen molar-refractivity contribution in [2.24, 2.45) is 5.10 Å². The molecule has 39 heavy (non-hydrogen) atoms. The summed E-state index contributed by atoms with van der Waals surface area (Å²) in [6.45, 7) is 5.80. The lowest BCUT2D eigenvalue weighted by Gasteiger charge is -2.17. The first kappa shape index (κ1) is 27.4. The van der Waals surface area contributed by atoms with Gasteiger partial charge in [-0.1, -0.05) is 43.5 Å². The standard InChI is InChI=1S/C29H25ClN4O5/c1-6-11-39-27-23(30)13-19(14-25(27)34(36)37)16-31-33-28(32-24-10-8-7-9-20(24)29(33)35)22-15-21(17(2)3)26(38-5)12-18(22)4/h1,7-10,12-17H,11H2,2-5H3. The molecule has 0 unspecified atom stereocenters. The lowest BCUT2D eigenvalue weighted by molar-refractivity contribution is -0.385. The number of benzene rings is 3. The minimum absolute atomic E-state index is 0.0160. The molecule has 0 radical (unpaired) electrons. The first-order chi connectivity index (χ1) is 18.7. The van der Waals surface area contributed by atoms with E-state index in [0.717, 1.165) is 16.9 Å². The summed E-state index contributed by atoms with van der Waals surface area (Å²) in [5.41, 5.74) is 2.48. The van der Waals surface area contributed by atoms with Gasteiger partial charge in [-0.3, -0.25) is 14.9 Å². The van der Waals surface area contributed by atoms with E-state index in [0.29, 0.717) is 22.3 Å². The normalized spacial score (nSPS) is 11.2. The monoisotopic (exact) mass is 544 g/mol. The zero-order valence-corrected chi connectivity index (χ0v) is 22.5. The van der Waals surface area contributed by atoms with Crippen LogP contribution in [0.25, 0.3) is 22.3 Å². The Kier molecular flexibility index (Phi) is 7.98. The number of fused-ring (bicyclic) bond motifs is 1. The van der Waals surface area contributed by atoms with E-state index in [1.165, 1.54) is 23.0 Å². The van der Waals surface area contributed by atoms with Crippen molar-refractivity contribution in [3.8, 4) is 35.2 Å². The van der Waals surface area contributed by atoms with Crippen LogP contribution in [-0.4, -0.2) is 34.5 Å². The Bertz CT molecular complexity index is 1720. The third-order valence-electron chi connectivity index (χ3n) is 6.06. The van der Waals surface area contributed by atoms with E-state index in [9.17, 15) is 14.9 Å². The Balaban J connectivity index is 1.94. The number of hydrogen-bond donors (Lipinski definition) is 0. The summed E-state index contributed by atoms with van der Waals surface area (Å²) in [6, 6.07) is 13.5. The zero-order valence-electron chi connectivity index (χ0n) is 21.8. The van der Waals surface area contributed by atoms with Gasteiger partial charge in [0.1, 0.15) is 12.4 Å². The van der Waals surface area contributed by atoms with Crippen LogP contribution in [0.5, 0.6) is 11.5 Å². The molecular formula is C29H25ClN4O5. The van der Waals surface area contributed by atoms with E-state index in [4.69, 9.17) is 32.5 Å². The Hall–Kier alpha value is -4.68. The number of para-hydroxylation sites is 1. The molecule has 10 heteroatoms. The maximum absolute atomic E-state index is 13.6. The van der Waals surface area contributed by atoms with Crippen LogP contribution in [0, 0.1) is 29.4 Å². The number of aryl methyl sites for hydroxylation is 1. The number of ether oxygens (including phenoxy) is 2. The highest BCUT2D eigenvalue weighted by molar-refractivity contribution is 6.32. The smallest absolute Gasteiger partial charge is 0.313 e. The first-order valence-corrected chi connectivity index (χ1v) is 12.3. The third-order valence-corrected chi connectivity index (χ3v) is 6.34. The van der Waals surface area contributed by atoms with Crippen molar-refractivity contribution in [2.45, 2.75) is 26.7 Å². The van der Waals surface area contributed by atoms with Crippen LogP contribution in [0.4, 0.5) is 5.69 Å². The second-order valence-electron chi connectivity index (χ2n) is 8.98. The van der Waals surface area contributed by atoms with E-state index < -0.39 is 10.5 Å². The number of aromatic nitrogens is 2. The molecule has 4 aromatic rings. The number of rotatable bonds is 8. The summed E-state index contributed by atoms with van der Waals surface area (Å²) in [6.07, 6.45) is 6.52. The van der Waals surface area contributed by atoms with Gasteiger partial charge in [0.2, 0.25) is 5.75 Å². The minimum Gasteiger partial charge on any atom is -0.496 e. The number of terminal acetylenes is 1. The molecular weight excluding hydrogens is 520 g/mol. The first-order valence-electron chi connectivity index (χ1n) is 12.0. The van der Waals surface area contributed by atoms with Crippen LogP contribution < -0.4 is 15.0 Å². The molecule has 0 aliphatic heterocycles. The largest absolute Gasteiger partial charge is 0.496 e. The number of halogens is 1. The summed E-state index contributed by atoms with van der Waals surface area (Å²) >= 11 is 6.28. The van der Waals surface area contributed by atoms with Gasteiger partial charge in [0.15, 0.2) is 5.82 Å². The predicted octanol–water partition coefficient (Wildman–Crippen LogP) is 5.96. The van der Waals surface area contributed by atoms with Gasteiger partial charge in [-0.05, 0) is 54.3 Å². The van der Waals surface area contributed by atoms with Gasteiger partial charge >= 0.3 is 5.69 Å². The predicted molar refractivity (Wildman–Crippen MR) is 152 cm³/mol. The molecule has 0 saturated heterocycles. The molecule has 0 saturated carbocycles. The Morgan fingerprint density at radius 2 is 2.00 bits per heavy atom. The zero-order chi connectivity index (χ0) is 28.3. The molecule has 0 fully saturated rings. The van der Waals surface area contributed by atoms with Crippen molar-refractivity contribution in [1.29, 1.82) is 0 Å². The molecule has 0 atom stereocenters. The molecule has 198 valence electrons. The fourth-order valence-electron chi connectivity index (χ4n) is 4.16. The van der Waals surface area contributed by atoms with E-state index in [1.807, 2.05) is 32.9 Å². The molecule has 4 rings (SSSR count). The van der Waals surface area contributed by atoms with Crippen molar-refractivity contribution in [1.82, 2.24) is 9.66 Å². The maximum atomic E-state index is 13.6. The molecule has 1 aromatic heterocycles. The molecule has 0 spiro atoms. The van der Waals surface area contributed by atoms with Gasteiger partial charge < -0.3 is 9.47 Å². The van der Waals surface area contributed by atoms with E-state index >= 15 is 0 Å². The summed E-state index contributed by atoms with van der Waals surface area (Å²) < 4.78 is 12.0. The van der Waals surface area contributed by atoms with Gasteiger partial charge in [0, 0.05) is 17.2 Å². The molecule has 0 N–H and O–H groups in total. The number of nitro benzene ring substituents is 1. The third kappa shape index (κ3) is 5.47. The van der Waals surface area contributed by atoms with Crippen LogP contribution in [0.15, 0.2) is 58.4 Å². The van der Waals surface area contributed by atoms with Crippen LogP contribution >= 0.6 is 11.6 Å². The van der Waals surface area contributed by atoms with Crippen molar-refractivity contribution in [3.63, 3.8) is 0 Å². The SMILES string of the molecule is C#CCOc1c(Cl)cc(C=Nn2c(-c3cc(C(C)C)c(OC)cc3C)nc3ccccc3c2=O)cc1[N+](=O)[O-]. The van der Waals surface area contributed by atoms with Crippen molar-refractivity contribution < 1.29 is 14.4 Å². The molecule has 9 nitrogen and oxygen atoms in total. The second-order valence-corrected chi connectivity index (χ2v) is 9.39. The molecule has 0 aliphatic rings. The van der Waals surface area contributed by atoms with Gasteiger partial charge in [-0.25, -0.2) is 4.98 Å². The lowest BCUT2D eigenvalue weighted by Crippen LogP contribution is -2.20. The Morgan fingerprint density at radius 1 is 1.26 bits per heavy atom. The van der Waals surface area contributed by atoms with Crippen LogP contribution in [-0.2, 0) is 0 Å². The van der Waals surface area contributed by atoms with Crippen molar-refractivity contribution in [3.05, 3.63) is 90.7 Å². The van der Waals surface area contributed by atoms with Gasteiger partial charge in [0.25, 0.3) is 5.56 Å². The van der Waals surface area contributed by atoms with Crippen LogP contribution in [0.2, 0.25) is 5.02 Å². The van der Waals surface area contributed by atoms with Crippen molar-refractivity contribution >= 4 is 34.4 Å². The number of methoxy groups -OCH3 is 1. The van der Waals surface area contributed by atoms with E-state index in [2.05, 4.69) is 11.0 Å². The lowest BCUT2D eigenvalue weighted by atomic mass is 9.96. The number of nitrogens with zero attached hydrogens (tertiary/aromatic N) is 4. The summed E-state index contributed by atoms with van der Waals surface area (Å²) in [5, 5.41) is 16.5. The fraction of sp³-hybridized carbons (Fsp3) is 0.207. The topological polar surface area (TPSA) is 109 Å².